The van der Waals surface area contributed by atoms with Gasteiger partial charge in [0.25, 0.3) is 0 Å². The fraction of sp³-hybridized carbons (Fsp3) is 0.647. The van der Waals surface area contributed by atoms with E-state index in [9.17, 15) is 0 Å². The first-order chi connectivity index (χ1) is 8.92. The summed E-state index contributed by atoms with van der Waals surface area (Å²) in [5.41, 5.74) is 1.36. The minimum atomic E-state index is 0.128. The zero-order valence-electron chi connectivity index (χ0n) is 13.1. The molecule has 0 saturated carbocycles. The van der Waals surface area contributed by atoms with E-state index in [4.69, 9.17) is 4.74 Å². The van der Waals surface area contributed by atoms with E-state index in [1.807, 2.05) is 6.07 Å². The van der Waals surface area contributed by atoms with Gasteiger partial charge in [0.2, 0.25) is 0 Å². The molecule has 0 amide bonds. The first-order valence-corrected chi connectivity index (χ1v) is 7.38. The molecule has 0 heterocycles. The van der Waals surface area contributed by atoms with Crippen LogP contribution in [0.15, 0.2) is 24.3 Å². The Hall–Kier alpha value is -1.02. The molecule has 0 fully saturated rings. The van der Waals surface area contributed by atoms with Crippen LogP contribution in [0.1, 0.15) is 53.0 Å². The second-order valence-corrected chi connectivity index (χ2v) is 6.42. The molecule has 1 rings (SSSR count). The molecule has 0 spiro atoms. The van der Waals surface area contributed by atoms with Crippen LogP contribution in [0.4, 0.5) is 0 Å². The standard InChI is InChI=1S/C17H29NO/c1-6-9-14(2)13-19-16-11-8-7-10-15(16)12-18-17(3,4)5/h7-8,10-11,14,18H,6,9,12-13H2,1-5H3. The molecule has 0 aliphatic heterocycles. The number of nitrogens with one attached hydrogen (secondary N) is 1. The van der Waals surface area contributed by atoms with Crippen LogP contribution in [0.3, 0.4) is 0 Å². The summed E-state index contributed by atoms with van der Waals surface area (Å²) >= 11 is 0. The predicted octanol–water partition coefficient (Wildman–Crippen LogP) is 4.39. The maximum absolute atomic E-state index is 5.98. The highest BCUT2D eigenvalue weighted by molar-refractivity contribution is 5.33. The molecule has 0 radical (unpaired) electrons. The van der Waals surface area contributed by atoms with Gasteiger partial charge < -0.3 is 10.1 Å². The van der Waals surface area contributed by atoms with Crippen molar-refractivity contribution in [1.82, 2.24) is 5.32 Å². The first kappa shape index (κ1) is 16.0. The fourth-order valence-electron chi connectivity index (χ4n) is 1.96. The summed E-state index contributed by atoms with van der Waals surface area (Å²) in [6.45, 7) is 12.7. The Morgan fingerprint density at radius 1 is 1.21 bits per heavy atom. The van der Waals surface area contributed by atoms with Gasteiger partial charge in [-0.3, -0.25) is 0 Å². The van der Waals surface area contributed by atoms with Crippen molar-refractivity contribution < 1.29 is 4.74 Å². The minimum Gasteiger partial charge on any atom is -0.493 e. The van der Waals surface area contributed by atoms with E-state index in [-0.39, 0.29) is 5.54 Å². The van der Waals surface area contributed by atoms with Crippen molar-refractivity contribution in [2.75, 3.05) is 6.61 Å². The molecule has 0 saturated heterocycles. The molecule has 19 heavy (non-hydrogen) atoms. The number of benzene rings is 1. The summed E-state index contributed by atoms with van der Waals surface area (Å²) in [5, 5.41) is 3.51. The van der Waals surface area contributed by atoms with Gasteiger partial charge in [-0.2, -0.15) is 0 Å². The van der Waals surface area contributed by atoms with Gasteiger partial charge in [0.1, 0.15) is 5.75 Å². The number of rotatable bonds is 7. The third kappa shape index (κ3) is 6.63. The Morgan fingerprint density at radius 2 is 1.89 bits per heavy atom. The van der Waals surface area contributed by atoms with Crippen LogP contribution in [0.2, 0.25) is 0 Å². The van der Waals surface area contributed by atoms with Crippen LogP contribution >= 0.6 is 0 Å². The van der Waals surface area contributed by atoms with E-state index in [1.165, 1.54) is 18.4 Å². The molecule has 2 nitrogen and oxygen atoms in total. The molecule has 1 N–H and O–H groups in total. The van der Waals surface area contributed by atoms with Gasteiger partial charge in [-0.25, -0.2) is 0 Å². The van der Waals surface area contributed by atoms with Crippen molar-refractivity contribution in [3.8, 4) is 5.75 Å². The lowest BCUT2D eigenvalue weighted by Crippen LogP contribution is -2.35. The van der Waals surface area contributed by atoms with E-state index in [2.05, 4.69) is 58.1 Å². The van der Waals surface area contributed by atoms with Gasteiger partial charge >= 0.3 is 0 Å². The Balaban J connectivity index is 2.57. The Labute approximate surface area is 118 Å². The quantitative estimate of drug-likeness (QED) is 0.787. The van der Waals surface area contributed by atoms with Gasteiger partial charge in [-0.05, 0) is 39.2 Å². The fourth-order valence-corrected chi connectivity index (χ4v) is 1.96. The van der Waals surface area contributed by atoms with Crippen molar-refractivity contribution in [3.63, 3.8) is 0 Å². The molecule has 1 unspecified atom stereocenters. The Kier molecular flexibility index (Phi) is 6.36. The SMILES string of the molecule is CCCC(C)COc1ccccc1CNC(C)(C)C. The highest BCUT2D eigenvalue weighted by Gasteiger charge is 2.11. The van der Waals surface area contributed by atoms with Gasteiger partial charge in [0.05, 0.1) is 6.61 Å². The van der Waals surface area contributed by atoms with Gasteiger partial charge in [-0.1, -0.05) is 38.5 Å². The third-order valence-corrected chi connectivity index (χ3v) is 3.09. The molecule has 0 aromatic heterocycles. The second kappa shape index (κ2) is 7.54. The lowest BCUT2D eigenvalue weighted by Gasteiger charge is -2.22. The second-order valence-electron chi connectivity index (χ2n) is 6.42. The molecular formula is C17H29NO. The van der Waals surface area contributed by atoms with Gasteiger partial charge in [0, 0.05) is 17.6 Å². The van der Waals surface area contributed by atoms with E-state index in [0.717, 1.165) is 18.9 Å². The van der Waals surface area contributed by atoms with Crippen LogP contribution in [-0.2, 0) is 6.54 Å². The average Bonchev–Trinajstić information content (AvgIpc) is 2.34. The topological polar surface area (TPSA) is 21.3 Å². The molecule has 0 aliphatic carbocycles. The van der Waals surface area contributed by atoms with Gasteiger partial charge in [0.15, 0.2) is 0 Å². The molecule has 0 bridgehead atoms. The van der Waals surface area contributed by atoms with Crippen LogP contribution in [0.5, 0.6) is 5.75 Å². The highest BCUT2D eigenvalue weighted by atomic mass is 16.5. The Morgan fingerprint density at radius 3 is 2.53 bits per heavy atom. The largest absolute Gasteiger partial charge is 0.493 e. The third-order valence-electron chi connectivity index (χ3n) is 3.09. The van der Waals surface area contributed by atoms with Crippen molar-refractivity contribution in [2.24, 2.45) is 5.92 Å². The summed E-state index contributed by atoms with van der Waals surface area (Å²) in [4.78, 5) is 0. The number of ether oxygens (including phenoxy) is 1. The summed E-state index contributed by atoms with van der Waals surface area (Å²) in [7, 11) is 0. The highest BCUT2D eigenvalue weighted by Crippen LogP contribution is 2.20. The number of hydrogen-bond donors (Lipinski definition) is 1. The van der Waals surface area contributed by atoms with Crippen LogP contribution in [-0.4, -0.2) is 12.1 Å². The van der Waals surface area contributed by atoms with Crippen LogP contribution in [0, 0.1) is 5.92 Å². The van der Waals surface area contributed by atoms with Crippen LogP contribution < -0.4 is 10.1 Å². The van der Waals surface area contributed by atoms with E-state index < -0.39 is 0 Å². The Bertz CT molecular complexity index is 368. The van der Waals surface area contributed by atoms with Crippen LogP contribution in [0.25, 0.3) is 0 Å². The maximum atomic E-state index is 5.98. The molecule has 1 aromatic carbocycles. The van der Waals surface area contributed by atoms with Crippen molar-refractivity contribution in [1.29, 1.82) is 0 Å². The molecule has 108 valence electrons. The van der Waals surface area contributed by atoms with E-state index >= 15 is 0 Å². The van der Waals surface area contributed by atoms with Crippen molar-refractivity contribution in [3.05, 3.63) is 29.8 Å². The summed E-state index contributed by atoms with van der Waals surface area (Å²) in [6.07, 6.45) is 2.44. The molecule has 1 aromatic rings. The van der Waals surface area contributed by atoms with Crippen molar-refractivity contribution >= 4 is 0 Å². The lowest BCUT2D eigenvalue weighted by molar-refractivity contribution is 0.248. The summed E-state index contributed by atoms with van der Waals surface area (Å²) < 4.78 is 5.98. The lowest BCUT2D eigenvalue weighted by atomic mass is 10.1. The molecule has 1 atom stereocenters. The molecule has 2 heteroatoms. The average molecular weight is 263 g/mol. The van der Waals surface area contributed by atoms with E-state index in [0.29, 0.717) is 5.92 Å². The predicted molar refractivity (Wildman–Crippen MR) is 82.6 cm³/mol. The minimum absolute atomic E-state index is 0.128. The molecular weight excluding hydrogens is 234 g/mol. The first-order valence-electron chi connectivity index (χ1n) is 7.38. The molecule has 0 aliphatic rings. The monoisotopic (exact) mass is 263 g/mol. The van der Waals surface area contributed by atoms with Gasteiger partial charge in [-0.15, -0.1) is 0 Å². The number of para-hydroxylation sites is 1. The zero-order valence-corrected chi connectivity index (χ0v) is 13.1. The van der Waals surface area contributed by atoms with Crippen molar-refractivity contribution in [2.45, 2.75) is 59.5 Å². The van der Waals surface area contributed by atoms with E-state index in [1.54, 1.807) is 0 Å². The smallest absolute Gasteiger partial charge is 0.123 e. The summed E-state index contributed by atoms with van der Waals surface area (Å²) in [6, 6.07) is 8.32. The normalized spacial score (nSPS) is 13.3. The zero-order chi connectivity index (χ0) is 14.3. The number of hydrogen-bond acceptors (Lipinski definition) is 2. The summed E-state index contributed by atoms with van der Waals surface area (Å²) in [5.74, 6) is 1.64. The maximum Gasteiger partial charge on any atom is 0.123 e.